The molecule has 26 heavy (non-hydrogen) atoms. The third kappa shape index (κ3) is 4.93. The predicted octanol–water partition coefficient (Wildman–Crippen LogP) is 1.74. The standard InChI is InChI=1S/C16H40N2O6Si2/c1-9-11-14(25(19-3,20-4)21-5)16(18,13-17)15(12-10-2)26(22-6,23-7)24-8/h14-15H,9-13,17-18H2,1-8H3. The molecular weight excluding hydrogens is 372 g/mol. The normalized spacial score (nSPS) is 17.8. The fourth-order valence-electron chi connectivity index (χ4n) is 4.01. The first-order valence-electron chi connectivity index (χ1n) is 9.11. The van der Waals surface area contributed by atoms with Crippen molar-refractivity contribution in [3.63, 3.8) is 0 Å². The average Bonchev–Trinajstić information content (AvgIpc) is 2.69. The van der Waals surface area contributed by atoms with Crippen LogP contribution in [0.1, 0.15) is 39.5 Å². The van der Waals surface area contributed by atoms with Crippen LogP contribution in [0, 0.1) is 0 Å². The molecule has 0 aliphatic heterocycles. The number of hydrogen-bond acceptors (Lipinski definition) is 8. The third-order valence-electron chi connectivity index (χ3n) is 5.37. The Kier molecular flexibility index (Phi) is 11.9. The Balaban J connectivity index is 6.47. The summed E-state index contributed by atoms with van der Waals surface area (Å²) in [7, 11) is 3.43. The summed E-state index contributed by atoms with van der Waals surface area (Å²) in [6.07, 6.45) is 3.26. The zero-order valence-corrected chi connectivity index (χ0v) is 19.8. The lowest BCUT2D eigenvalue weighted by atomic mass is 9.86. The van der Waals surface area contributed by atoms with Gasteiger partial charge in [-0.3, -0.25) is 0 Å². The summed E-state index contributed by atoms with van der Waals surface area (Å²) >= 11 is 0. The first-order valence-corrected chi connectivity index (χ1v) is 12.7. The molecule has 0 radical (unpaired) electrons. The molecule has 8 nitrogen and oxygen atoms in total. The second-order valence-electron chi connectivity index (χ2n) is 6.43. The second-order valence-corrected chi connectivity index (χ2v) is 12.7. The molecule has 0 aliphatic carbocycles. The Morgan fingerprint density at radius 3 is 1.12 bits per heavy atom. The maximum atomic E-state index is 7.05. The van der Waals surface area contributed by atoms with Crippen molar-refractivity contribution in [2.75, 3.05) is 49.2 Å². The van der Waals surface area contributed by atoms with Gasteiger partial charge in [-0.1, -0.05) is 26.7 Å². The van der Waals surface area contributed by atoms with Crippen LogP contribution in [-0.2, 0) is 26.6 Å². The van der Waals surface area contributed by atoms with Gasteiger partial charge in [-0.05, 0) is 12.8 Å². The molecule has 0 saturated heterocycles. The van der Waals surface area contributed by atoms with E-state index in [2.05, 4.69) is 13.8 Å². The molecular formula is C16H40N2O6Si2. The van der Waals surface area contributed by atoms with Gasteiger partial charge in [-0.15, -0.1) is 0 Å². The van der Waals surface area contributed by atoms with Crippen molar-refractivity contribution in [1.29, 1.82) is 0 Å². The van der Waals surface area contributed by atoms with Crippen LogP contribution in [0.4, 0.5) is 0 Å². The van der Waals surface area contributed by atoms with Gasteiger partial charge in [0.05, 0.1) is 0 Å². The van der Waals surface area contributed by atoms with E-state index >= 15 is 0 Å². The first-order chi connectivity index (χ1) is 12.3. The van der Waals surface area contributed by atoms with E-state index in [4.69, 9.17) is 38.0 Å². The molecule has 0 aromatic heterocycles. The average molecular weight is 413 g/mol. The largest absolute Gasteiger partial charge is 0.505 e. The molecule has 158 valence electrons. The highest BCUT2D eigenvalue weighted by atomic mass is 28.4. The van der Waals surface area contributed by atoms with Gasteiger partial charge in [-0.25, -0.2) is 0 Å². The highest BCUT2D eigenvalue weighted by Crippen LogP contribution is 2.48. The van der Waals surface area contributed by atoms with Gasteiger partial charge in [0, 0.05) is 65.8 Å². The number of nitrogens with two attached hydrogens (primary N) is 2. The molecule has 4 N–H and O–H groups in total. The maximum absolute atomic E-state index is 7.05. The lowest BCUT2D eigenvalue weighted by Gasteiger charge is -2.50. The van der Waals surface area contributed by atoms with Crippen molar-refractivity contribution < 1.29 is 26.6 Å². The molecule has 0 fully saturated rings. The zero-order valence-electron chi connectivity index (χ0n) is 17.8. The van der Waals surface area contributed by atoms with Crippen LogP contribution in [0.25, 0.3) is 0 Å². The van der Waals surface area contributed by atoms with Crippen molar-refractivity contribution in [2.45, 2.75) is 56.2 Å². The molecule has 0 amide bonds. The second kappa shape index (κ2) is 11.8. The van der Waals surface area contributed by atoms with Crippen molar-refractivity contribution in [2.24, 2.45) is 11.5 Å². The van der Waals surface area contributed by atoms with Crippen LogP contribution in [0.15, 0.2) is 0 Å². The lowest BCUT2D eigenvalue weighted by Crippen LogP contribution is -2.69. The van der Waals surface area contributed by atoms with E-state index in [0.717, 1.165) is 25.7 Å². The fraction of sp³-hybridized carbons (Fsp3) is 1.00. The van der Waals surface area contributed by atoms with E-state index in [0.29, 0.717) is 0 Å². The summed E-state index contributed by atoms with van der Waals surface area (Å²) in [5, 5.41) is 0. The number of hydrogen-bond donors (Lipinski definition) is 2. The molecule has 2 atom stereocenters. The van der Waals surface area contributed by atoms with Crippen LogP contribution in [-0.4, -0.2) is 72.4 Å². The molecule has 2 unspecified atom stereocenters. The summed E-state index contributed by atoms with van der Waals surface area (Å²) in [4.78, 5) is 0. The Morgan fingerprint density at radius 2 is 0.962 bits per heavy atom. The Hall–Kier alpha value is 0.114. The summed E-state index contributed by atoms with van der Waals surface area (Å²) in [6.45, 7) is 4.39. The molecule has 0 bridgehead atoms. The molecule has 0 aromatic rings. The van der Waals surface area contributed by atoms with Crippen LogP contribution in [0.3, 0.4) is 0 Å². The van der Waals surface area contributed by atoms with Crippen molar-refractivity contribution in [3.05, 3.63) is 0 Å². The predicted molar refractivity (Wildman–Crippen MR) is 107 cm³/mol. The highest BCUT2D eigenvalue weighted by molar-refractivity contribution is 6.65. The molecule has 0 saturated carbocycles. The molecule has 0 aromatic carbocycles. The smallest absolute Gasteiger partial charge is 0.377 e. The van der Waals surface area contributed by atoms with Crippen molar-refractivity contribution in [1.82, 2.24) is 0 Å². The van der Waals surface area contributed by atoms with Gasteiger partial charge >= 0.3 is 17.6 Å². The van der Waals surface area contributed by atoms with Gasteiger partial charge in [0.2, 0.25) is 0 Å². The SMILES string of the molecule is CCCC(C(N)(CN)C(CCC)[Si](OC)(OC)OC)[Si](OC)(OC)OC. The van der Waals surface area contributed by atoms with E-state index < -0.39 is 23.1 Å². The minimum absolute atomic E-state index is 0.206. The van der Waals surface area contributed by atoms with Gasteiger partial charge in [0.25, 0.3) is 0 Å². The van der Waals surface area contributed by atoms with E-state index in [9.17, 15) is 0 Å². The molecule has 0 heterocycles. The van der Waals surface area contributed by atoms with Crippen LogP contribution in [0.2, 0.25) is 11.1 Å². The van der Waals surface area contributed by atoms with Crippen LogP contribution in [0.5, 0.6) is 0 Å². The summed E-state index contributed by atoms with van der Waals surface area (Å²) in [5.41, 5.74) is 12.0. The molecule has 0 spiro atoms. The fourth-order valence-corrected chi connectivity index (χ4v) is 10.1. The highest BCUT2D eigenvalue weighted by Gasteiger charge is 2.64. The molecule has 0 rings (SSSR count). The maximum Gasteiger partial charge on any atom is 0.505 e. The topological polar surface area (TPSA) is 107 Å². The Bertz CT molecular complexity index is 337. The van der Waals surface area contributed by atoms with Gasteiger partial charge in [0.15, 0.2) is 0 Å². The van der Waals surface area contributed by atoms with E-state index in [-0.39, 0.29) is 17.6 Å². The van der Waals surface area contributed by atoms with Gasteiger partial charge in [-0.2, -0.15) is 0 Å². The monoisotopic (exact) mass is 412 g/mol. The van der Waals surface area contributed by atoms with Crippen molar-refractivity contribution >= 4 is 17.6 Å². The minimum atomic E-state index is -3.08. The van der Waals surface area contributed by atoms with Crippen LogP contribution < -0.4 is 11.5 Å². The Morgan fingerprint density at radius 1 is 0.692 bits per heavy atom. The number of rotatable bonds is 15. The summed E-state index contributed by atoms with van der Waals surface area (Å²) < 4.78 is 34.8. The zero-order chi connectivity index (χ0) is 20.4. The van der Waals surface area contributed by atoms with E-state index in [1.807, 2.05) is 0 Å². The molecule has 10 heteroatoms. The van der Waals surface area contributed by atoms with Crippen molar-refractivity contribution in [3.8, 4) is 0 Å². The van der Waals surface area contributed by atoms with E-state index in [1.165, 1.54) is 0 Å². The first kappa shape index (κ1) is 26.1. The summed E-state index contributed by atoms with van der Waals surface area (Å²) in [6, 6.07) is 0. The Labute approximate surface area is 161 Å². The van der Waals surface area contributed by atoms with Crippen LogP contribution >= 0.6 is 0 Å². The quantitative estimate of drug-likeness (QED) is 0.392. The third-order valence-corrected chi connectivity index (χ3v) is 12.1. The lowest BCUT2D eigenvalue weighted by molar-refractivity contribution is 0.0702. The van der Waals surface area contributed by atoms with Gasteiger partial charge in [0.1, 0.15) is 0 Å². The van der Waals surface area contributed by atoms with Gasteiger partial charge < -0.3 is 38.0 Å². The molecule has 0 aliphatic rings. The minimum Gasteiger partial charge on any atom is -0.377 e. The van der Waals surface area contributed by atoms with E-state index in [1.54, 1.807) is 42.7 Å². The summed E-state index contributed by atoms with van der Waals surface area (Å²) in [5.74, 6) is 0.